The molecule has 130 valence electrons. The van der Waals surface area contributed by atoms with Crippen LogP contribution < -0.4 is 4.74 Å². The molecule has 1 saturated heterocycles. The molecule has 1 fully saturated rings. The predicted molar refractivity (Wildman–Crippen MR) is 91.5 cm³/mol. The summed E-state index contributed by atoms with van der Waals surface area (Å²) in [6.07, 6.45) is 2.62. The number of hydrogen-bond acceptors (Lipinski definition) is 6. The summed E-state index contributed by atoms with van der Waals surface area (Å²) in [7, 11) is 1.63. The highest BCUT2D eigenvalue weighted by atomic mass is 16.5. The number of aromatic nitrogens is 4. The van der Waals surface area contributed by atoms with Crippen molar-refractivity contribution in [1.29, 1.82) is 0 Å². The molecule has 3 aromatic heterocycles. The maximum absolute atomic E-state index is 5.70. The van der Waals surface area contributed by atoms with Crippen molar-refractivity contribution >= 4 is 0 Å². The zero-order valence-corrected chi connectivity index (χ0v) is 14.5. The van der Waals surface area contributed by atoms with Crippen LogP contribution >= 0.6 is 0 Å². The van der Waals surface area contributed by atoms with Crippen LogP contribution in [0.25, 0.3) is 23.0 Å². The van der Waals surface area contributed by atoms with Crippen LogP contribution in [0.4, 0.5) is 0 Å². The van der Waals surface area contributed by atoms with Crippen molar-refractivity contribution < 1.29 is 13.9 Å². The summed E-state index contributed by atoms with van der Waals surface area (Å²) < 4.78 is 18.7. The number of furan rings is 1. The molecular weight excluding hydrogens is 320 g/mol. The van der Waals surface area contributed by atoms with E-state index in [9.17, 15) is 0 Å². The largest absolute Gasteiger partial charge is 0.494 e. The number of methoxy groups -OCH3 is 1. The van der Waals surface area contributed by atoms with E-state index in [1.54, 1.807) is 13.3 Å². The van der Waals surface area contributed by atoms with Gasteiger partial charge in [0.25, 0.3) is 0 Å². The Morgan fingerprint density at radius 2 is 2.16 bits per heavy atom. The van der Waals surface area contributed by atoms with Crippen LogP contribution in [0.15, 0.2) is 28.8 Å². The fraction of sp³-hybridized carbons (Fsp3) is 0.389. The van der Waals surface area contributed by atoms with Gasteiger partial charge in [-0.3, -0.25) is 4.98 Å². The Labute approximate surface area is 145 Å². The van der Waals surface area contributed by atoms with E-state index in [0.717, 1.165) is 35.9 Å². The smallest absolute Gasteiger partial charge is 0.217 e. The minimum atomic E-state index is 0.144. The molecule has 0 bridgehead atoms. The van der Waals surface area contributed by atoms with Gasteiger partial charge in [-0.25, -0.2) is 9.67 Å². The molecule has 3 aromatic rings. The van der Waals surface area contributed by atoms with Crippen LogP contribution in [0.3, 0.4) is 0 Å². The third kappa shape index (κ3) is 2.91. The molecule has 7 nitrogen and oxygen atoms in total. The highest BCUT2D eigenvalue weighted by Gasteiger charge is 2.26. The van der Waals surface area contributed by atoms with Gasteiger partial charge in [-0.1, -0.05) is 0 Å². The van der Waals surface area contributed by atoms with Crippen molar-refractivity contribution in [3.63, 3.8) is 0 Å². The number of nitrogens with zero attached hydrogens (tertiary/aromatic N) is 4. The predicted octanol–water partition coefficient (Wildman–Crippen LogP) is 3.19. The highest BCUT2D eigenvalue weighted by Crippen LogP contribution is 2.34. The molecule has 25 heavy (non-hydrogen) atoms. The maximum atomic E-state index is 5.70. The molecule has 1 aliphatic rings. The normalized spacial score (nSPS) is 17.2. The van der Waals surface area contributed by atoms with Crippen LogP contribution in [-0.4, -0.2) is 40.1 Å². The second kappa shape index (κ2) is 6.33. The second-order valence-electron chi connectivity index (χ2n) is 6.16. The quantitative estimate of drug-likeness (QED) is 0.726. The van der Waals surface area contributed by atoms with Crippen LogP contribution in [0.5, 0.6) is 5.75 Å². The maximum Gasteiger partial charge on any atom is 0.217 e. The van der Waals surface area contributed by atoms with E-state index in [0.29, 0.717) is 23.9 Å². The molecular formula is C18H20N4O3. The van der Waals surface area contributed by atoms with Crippen molar-refractivity contribution in [1.82, 2.24) is 19.7 Å². The summed E-state index contributed by atoms with van der Waals surface area (Å²) in [5.41, 5.74) is 1.76. The Balaban J connectivity index is 1.88. The third-order valence-corrected chi connectivity index (χ3v) is 4.31. The Morgan fingerprint density at radius 1 is 1.28 bits per heavy atom. The van der Waals surface area contributed by atoms with E-state index in [-0.39, 0.29) is 6.04 Å². The summed E-state index contributed by atoms with van der Waals surface area (Å²) in [4.78, 5) is 9.06. The monoisotopic (exact) mass is 340 g/mol. The minimum Gasteiger partial charge on any atom is -0.494 e. The molecule has 0 aliphatic carbocycles. The van der Waals surface area contributed by atoms with Crippen molar-refractivity contribution in [3.05, 3.63) is 35.9 Å². The van der Waals surface area contributed by atoms with Crippen LogP contribution in [-0.2, 0) is 4.74 Å². The van der Waals surface area contributed by atoms with E-state index in [2.05, 4.69) is 4.98 Å². The summed E-state index contributed by atoms with van der Waals surface area (Å²) >= 11 is 0. The second-order valence-corrected chi connectivity index (χ2v) is 6.16. The lowest BCUT2D eigenvalue weighted by Crippen LogP contribution is -2.12. The number of aryl methyl sites for hydroxylation is 2. The Bertz CT molecular complexity index is 894. The Kier molecular flexibility index (Phi) is 4.01. The minimum absolute atomic E-state index is 0.144. The third-order valence-electron chi connectivity index (χ3n) is 4.31. The molecule has 0 spiro atoms. The van der Waals surface area contributed by atoms with E-state index in [1.807, 2.05) is 36.7 Å². The molecule has 1 unspecified atom stereocenters. The summed E-state index contributed by atoms with van der Waals surface area (Å²) in [6.45, 7) is 5.20. The van der Waals surface area contributed by atoms with Crippen molar-refractivity contribution in [2.75, 3.05) is 20.3 Å². The van der Waals surface area contributed by atoms with Crippen molar-refractivity contribution in [2.45, 2.75) is 26.3 Å². The number of rotatable bonds is 4. The van der Waals surface area contributed by atoms with Gasteiger partial charge in [-0.2, -0.15) is 0 Å². The molecule has 0 amide bonds. The molecule has 0 aromatic carbocycles. The lowest BCUT2D eigenvalue weighted by atomic mass is 10.2. The van der Waals surface area contributed by atoms with Gasteiger partial charge in [0.2, 0.25) is 5.82 Å². The average Bonchev–Trinajstić information content (AvgIpc) is 3.34. The lowest BCUT2D eigenvalue weighted by molar-refractivity contribution is 0.185. The fourth-order valence-corrected chi connectivity index (χ4v) is 3.02. The molecule has 1 aliphatic heterocycles. The zero-order valence-electron chi connectivity index (χ0n) is 14.5. The summed E-state index contributed by atoms with van der Waals surface area (Å²) in [6, 6.07) is 5.90. The molecule has 1 atom stereocenters. The molecule has 4 heterocycles. The van der Waals surface area contributed by atoms with E-state index in [1.165, 1.54) is 0 Å². The molecule has 0 saturated carbocycles. The fourth-order valence-electron chi connectivity index (χ4n) is 3.02. The van der Waals surface area contributed by atoms with Crippen molar-refractivity contribution in [2.24, 2.45) is 0 Å². The van der Waals surface area contributed by atoms with E-state index < -0.39 is 0 Å². The van der Waals surface area contributed by atoms with Gasteiger partial charge in [-0.15, -0.1) is 5.10 Å². The van der Waals surface area contributed by atoms with Gasteiger partial charge in [0.1, 0.15) is 11.5 Å². The first-order valence-corrected chi connectivity index (χ1v) is 8.28. The average molecular weight is 340 g/mol. The van der Waals surface area contributed by atoms with Gasteiger partial charge in [0, 0.05) is 12.3 Å². The molecule has 0 N–H and O–H groups in total. The lowest BCUT2D eigenvalue weighted by Gasteiger charge is -2.13. The SMILES string of the molecule is COc1cnc(C)cc1-c1nc(-c2ccc(C)o2)nn1C1CCOC1. The number of pyridine rings is 1. The zero-order chi connectivity index (χ0) is 17.4. The van der Waals surface area contributed by atoms with Gasteiger partial charge in [0.15, 0.2) is 11.6 Å². The van der Waals surface area contributed by atoms with E-state index in [4.69, 9.17) is 24.0 Å². The van der Waals surface area contributed by atoms with Gasteiger partial charge in [-0.05, 0) is 38.5 Å². The molecule has 7 heteroatoms. The Hall–Kier alpha value is -2.67. The van der Waals surface area contributed by atoms with Gasteiger partial charge >= 0.3 is 0 Å². The van der Waals surface area contributed by atoms with Crippen molar-refractivity contribution in [3.8, 4) is 28.7 Å². The number of hydrogen-bond donors (Lipinski definition) is 0. The summed E-state index contributed by atoms with van der Waals surface area (Å²) in [5, 5.41) is 4.71. The van der Waals surface area contributed by atoms with Gasteiger partial charge < -0.3 is 13.9 Å². The highest BCUT2D eigenvalue weighted by molar-refractivity contribution is 5.66. The van der Waals surface area contributed by atoms with Crippen LogP contribution in [0.1, 0.15) is 23.9 Å². The van der Waals surface area contributed by atoms with Gasteiger partial charge in [0.05, 0.1) is 31.5 Å². The standard InChI is InChI=1S/C18H20N4O3/c1-11-8-14(16(23-3)9-19-11)18-20-17(15-5-4-12(2)25-15)21-22(18)13-6-7-24-10-13/h4-5,8-9,13H,6-7,10H2,1-3H3. The first-order valence-electron chi connectivity index (χ1n) is 8.28. The first kappa shape index (κ1) is 15.8. The first-order chi connectivity index (χ1) is 12.2. The Morgan fingerprint density at radius 3 is 2.84 bits per heavy atom. The molecule has 4 rings (SSSR count). The van der Waals surface area contributed by atoms with E-state index >= 15 is 0 Å². The topological polar surface area (TPSA) is 75.2 Å². The summed E-state index contributed by atoms with van der Waals surface area (Å²) in [5.74, 6) is 3.45. The number of ether oxygens (including phenoxy) is 2. The molecule has 0 radical (unpaired) electrons. The van der Waals surface area contributed by atoms with Crippen LogP contribution in [0.2, 0.25) is 0 Å². The van der Waals surface area contributed by atoms with Crippen LogP contribution in [0, 0.1) is 13.8 Å².